The van der Waals surface area contributed by atoms with Crippen LogP contribution >= 0.6 is 12.4 Å². The minimum Gasteiger partial charge on any atom is -0.405 e. The van der Waals surface area contributed by atoms with Gasteiger partial charge in [-0.1, -0.05) is 25.3 Å². The Morgan fingerprint density at radius 3 is 2.37 bits per heavy atom. The van der Waals surface area contributed by atoms with Crippen molar-refractivity contribution >= 4 is 18.3 Å². The molecule has 2 fully saturated rings. The molecule has 0 radical (unpaired) electrons. The summed E-state index contributed by atoms with van der Waals surface area (Å²) in [7, 11) is 0. The van der Waals surface area contributed by atoms with Crippen LogP contribution in [0, 0.1) is 0 Å². The molecule has 152 valence electrons. The van der Waals surface area contributed by atoms with Crippen molar-refractivity contribution < 1.29 is 22.7 Å². The van der Waals surface area contributed by atoms with E-state index in [2.05, 4.69) is 15.4 Å². The van der Waals surface area contributed by atoms with Crippen LogP contribution in [0.25, 0.3) is 0 Å². The van der Waals surface area contributed by atoms with Gasteiger partial charge in [-0.25, -0.2) is 0 Å². The quantitative estimate of drug-likeness (QED) is 0.772. The van der Waals surface area contributed by atoms with Gasteiger partial charge in [-0.3, -0.25) is 4.79 Å². The van der Waals surface area contributed by atoms with Gasteiger partial charge in [0.2, 0.25) is 0 Å². The number of carbonyl (C=O) groups is 1. The predicted molar refractivity (Wildman–Crippen MR) is 99.6 cm³/mol. The number of halogens is 4. The average Bonchev–Trinajstić information content (AvgIpc) is 2.62. The van der Waals surface area contributed by atoms with Crippen molar-refractivity contribution in [1.29, 1.82) is 0 Å². The van der Waals surface area contributed by atoms with Gasteiger partial charge in [-0.2, -0.15) is 0 Å². The second kappa shape index (κ2) is 9.64. The van der Waals surface area contributed by atoms with Crippen LogP contribution in [-0.4, -0.2) is 31.4 Å². The third-order valence-corrected chi connectivity index (χ3v) is 5.23. The molecule has 1 aliphatic heterocycles. The maximum Gasteiger partial charge on any atom is 0.573 e. The van der Waals surface area contributed by atoms with E-state index in [0.29, 0.717) is 0 Å². The molecule has 1 saturated carbocycles. The van der Waals surface area contributed by atoms with Gasteiger partial charge in [0.25, 0.3) is 5.91 Å². The molecule has 1 amide bonds. The number of hydrogen-bond donors (Lipinski definition) is 2. The van der Waals surface area contributed by atoms with Crippen molar-refractivity contribution in [3.63, 3.8) is 0 Å². The van der Waals surface area contributed by atoms with Crippen LogP contribution in [0.15, 0.2) is 18.2 Å². The van der Waals surface area contributed by atoms with Gasteiger partial charge in [-0.15, -0.1) is 25.6 Å². The Morgan fingerprint density at radius 1 is 1.07 bits per heavy atom. The van der Waals surface area contributed by atoms with Crippen molar-refractivity contribution in [2.45, 2.75) is 63.3 Å². The molecular weight excluding hydrogens is 381 g/mol. The highest BCUT2D eigenvalue weighted by atomic mass is 35.5. The molecule has 1 aromatic rings. The third kappa shape index (κ3) is 6.28. The minimum absolute atomic E-state index is 0. The van der Waals surface area contributed by atoms with Gasteiger partial charge >= 0.3 is 6.36 Å². The van der Waals surface area contributed by atoms with E-state index < -0.39 is 18.0 Å². The van der Waals surface area contributed by atoms with Gasteiger partial charge in [0, 0.05) is 6.04 Å². The van der Waals surface area contributed by atoms with E-state index in [-0.39, 0.29) is 29.9 Å². The maximum atomic E-state index is 12.9. The summed E-state index contributed by atoms with van der Waals surface area (Å²) >= 11 is 0. The second-order valence-corrected chi connectivity index (χ2v) is 7.14. The molecule has 2 aliphatic rings. The number of ether oxygens (including phenoxy) is 1. The summed E-state index contributed by atoms with van der Waals surface area (Å²) in [6.45, 7) is 1.67. The molecule has 4 nitrogen and oxygen atoms in total. The van der Waals surface area contributed by atoms with Crippen LogP contribution in [0.3, 0.4) is 0 Å². The van der Waals surface area contributed by atoms with Crippen LogP contribution < -0.4 is 15.4 Å². The molecule has 0 aromatic heterocycles. The maximum absolute atomic E-state index is 12.9. The number of rotatable bonds is 4. The molecule has 1 aliphatic carbocycles. The van der Waals surface area contributed by atoms with Crippen molar-refractivity contribution in [3.05, 3.63) is 29.3 Å². The number of amides is 1. The summed E-state index contributed by atoms with van der Waals surface area (Å²) in [5.74, 6) is -0.711. The van der Waals surface area contributed by atoms with Crippen molar-refractivity contribution in [2.24, 2.45) is 0 Å². The van der Waals surface area contributed by atoms with Crippen molar-refractivity contribution in [3.8, 4) is 5.75 Å². The number of alkyl halides is 3. The standard InChI is InChI=1S/C19H25F3N2O2.ClH/c20-19(21,22)26-17-12-14(13-8-10-23-11-9-13)6-7-16(17)18(25)24-15-4-2-1-3-5-15;/h6-7,12-13,15,23H,1-5,8-11H2,(H,24,25);1H. The Balaban J connectivity index is 0.00000261. The normalized spacial score (nSPS) is 19.2. The molecule has 0 atom stereocenters. The smallest absolute Gasteiger partial charge is 0.405 e. The monoisotopic (exact) mass is 406 g/mol. The number of piperidine rings is 1. The second-order valence-electron chi connectivity index (χ2n) is 7.14. The Morgan fingerprint density at radius 2 is 1.74 bits per heavy atom. The molecule has 2 N–H and O–H groups in total. The van der Waals surface area contributed by atoms with Crippen LogP contribution in [0.1, 0.15) is 66.8 Å². The highest BCUT2D eigenvalue weighted by Crippen LogP contribution is 2.33. The summed E-state index contributed by atoms with van der Waals surface area (Å²) < 4.78 is 42.8. The lowest BCUT2D eigenvalue weighted by Gasteiger charge is -2.25. The fourth-order valence-electron chi connectivity index (χ4n) is 3.85. The number of benzene rings is 1. The molecule has 0 spiro atoms. The molecule has 1 heterocycles. The van der Waals surface area contributed by atoms with E-state index in [1.54, 1.807) is 6.07 Å². The van der Waals surface area contributed by atoms with E-state index in [1.165, 1.54) is 12.1 Å². The Labute approximate surface area is 163 Å². The Kier molecular flexibility index (Phi) is 7.79. The first-order valence-electron chi connectivity index (χ1n) is 9.33. The van der Waals surface area contributed by atoms with E-state index in [9.17, 15) is 18.0 Å². The SMILES string of the molecule is Cl.O=C(NC1CCCCC1)c1ccc(C2CCNCC2)cc1OC(F)(F)F. The van der Waals surface area contributed by atoms with Crippen LogP contribution in [0.2, 0.25) is 0 Å². The topological polar surface area (TPSA) is 50.4 Å². The predicted octanol–water partition coefficient (Wildman–Crippen LogP) is 4.54. The first kappa shape index (κ1) is 21.8. The number of nitrogens with one attached hydrogen (secondary N) is 2. The van der Waals surface area contributed by atoms with Crippen molar-refractivity contribution in [2.75, 3.05) is 13.1 Å². The number of carbonyl (C=O) groups excluding carboxylic acids is 1. The summed E-state index contributed by atoms with van der Waals surface area (Å²) in [5.41, 5.74) is 0.741. The first-order chi connectivity index (χ1) is 12.4. The van der Waals surface area contributed by atoms with E-state index in [4.69, 9.17) is 0 Å². The van der Waals surface area contributed by atoms with E-state index >= 15 is 0 Å². The van der Waals surface area contributed by atoms with Gasteiger partial charge in [0.05, 0.1) is 5.56 Å². The fraction of sp³-hybridized carbons (Fsp3) is 0.632. The molecule has 8 heteroatoms. The minimum atomic E-state index is -4.83. The zero-order valence-electron chi connectivity index (χ0n) is 15.1. The lowest BCUT2D eigenvalue weighted by Crippen LogP contribution is -2.36. The highest BCUT2D eigenvalue weighted by molar-refractivity contribution is 5.97. The number of hydrogen-bond acceptors (Lipinski definition) is 3. The molecule has 1 aromatic carbocycles. The molecular formula is C19H26ClF3N2O2. The zero-order chi connectivity index (χ0) is 18.6. The van der Waals surface area contributed by atoms with Crippen LogP contribution in [0.5, 0.6) is 5.75 Å². The average molecular weight is 407 g/mol. The van der Waals surface area contributed by atoms with Gasteiger partial charge in [0.1, 0.15) is 5.75 Å². The van der Waals surface area contributed by atoms with Crippen LogP contribution in [-0.2, 0) is 0 Å². The largest absolute Gasteiger partial charge is 0.573 e. The summed E-state index contributed by atoms with van der Waals surface area (Å²) in [6, 6.07) is 4.64. The third-order valence-electron chi connectivity index (χ3n) is 5.23. The molecule has 0 bridgehead atoms. The molecule has 27 heavy (non-hydrogen) atoms. The van der Waals surface area contributed by atoms with Crippen molar-refractivity contribution in [1.82, 2.24) is 10.6 Å². The Bertz CT molecular complexity index is 628. The van der Waals surface area contributed by atoms with Gasteiger partial charge in [0.15, 0.2) is 0 Å². The summed E-state index contributed by atoms with van der Waals surface area (Å²) in [5, 5.41) is 6.10. The van der Waals surface area contributed by atoms with Gasteiger partial charge < -0.3 is 15.4 Å². The fourth-order valence-corrected chi connectivity index (χ4v) is 3.85. The summed E-state index contributed by atoms with van der Waals surface area (Å²) in [4.78, 5) is 12.5. The lowest BCUT2D eigenvalue weighted by atomic mass is 9.89. The summed E-state index contributed by atoms with van der Waals surface area (Å²) in [6.07, 6.45) is 1.84. The van der Waals surface area contributed by atoms with E-state index in [1.807, 2.05) is 0 Å². The van der Waals surface area contributed by atoms with Gasteiger partial charge in [-0.05, 0) is 62.4 Å². The highest BCUT2D eigenvalue weighted by Gasteiger charge is 2.34. The molecule has 0 unspecified atom stereocenters. The van der Waals surface area contributed by atoms with Crippen LogP contribution in [0.4, 0.5) is 13.2 Å². The first-order valence-corrected chi connectivity index (χ1v) is 9.33. The van der Waals surface area contributed by atoms with E-state index in [0.717, 1.165) is 63.6 Å². The lowest BCUT2D eigenvalue weighted by molar-refractivity contribution is -0.274. The Hall–Kier alpha value is -1.47. The molecule has 1 saturated heterocycles. The zero-order valence-corrected chi connectivity index (χ0v) is 15.9. The molecule has 3 rings (SSSR count).